The highest BCUT2D eigenvalue weighted by molar-refractivity contribution is 9.10. The maximum absolute atomic E-state index is 12.3. The first kappa shape index (κ1) is 14.2. The number of rotatable bonds is 3. The van der Waals surface area contributed by atoms with Crippen molar-refractivity contribution >= 4 is 32.8 Å². The summed E-state index contributed by atoms with van der Waals surface area (Å²) >= 11 is 3.44. The van der Waals surface area contributed by atoms with Crippen LogP contribution < -0.4 is 5.32 Å². The Labute approximate surface area is 137 Å². The molecule has 0 aliphatic heterocycles. The van der Waals surface area contributed by atoms with Crippen molar-refractivity contribution in [3.05, 3.63) is 28.4 Å². The van der Waals surface area contributed by atoms with Crippen LogP contribution in [0.1, 0.15) is 44.2 Å². The minimum absolute atomic E-state index is 0.0481. The second-order valence-corrected chi connectivity index (χ2v) is 7.70. The van der Waals surface area contributed by atoms with Gasteiger partial charge in [0.15, 0.2) is 5.58 Å². The molecular formula is C17H19BrN2O2. The zero-order valence-corrected chi connectivity index (χ0v) is 14.0. The van der Waals surface area contributed by atoms with E-state index in [-0.39, 0.29) is 12.3 Å². The number of nitrogens with one attached hydrogen (secondary N) is 1. The van der Waals surface area contributed by atoms with Crippen molar-refractivity contribution in [2.45, 2.75) is 51.0 Å². The maximum atomic E-state index is 12.3. The first-order valence-corrected chi connectivity index (χ1v) is 8.76. The van der Waals surface area contributed by atoms with E-state index in [9.17, 15) is 4.79 Å². The summed E-state index contributed by atoms with van der Waals surface area (Å²) in [5, 5.41) is 8.12. The summed E-state index contributed by atoms with van der Waals surface area (Å²) in [6.07, 6.45) is 7.87. The average molecular weight is 363 g/mol. The van der Waals surface area contributed by atoms with Crippen molar-refractivity contribution in [2.75, 3.05) is 0 Å². The Morgan fingerprint density at radius 1 is 1.32 bits per heavy atom. The second kappa shape index (κ2) is 5.37. The van der Waals surface area contributed by atoms with Crippen LogP contribution >= 0.6 is 15.9 Å². The molecule has 2 saturated carbocycles. The molecule has 2 fully saturated rings. The normalized spacial score (nSPS) is 20.4. The summed E-state index contributed by atoms with van der Waals surface area (Å²) < 4.78 is 6.24. The molecule has 1 heterocycles. The van der Waals surface area contributed by atoms with Gasteiger partial charge in [-0.3, -0.25) is 4.79 Å². The lowest BCUT2D eigenvalue weighted by Gasteiger charge is -2.28. The van der Waals surface area contributed by atoms with E-state index in [1.165, 1.54) is 25.7 Å². The van der Waals surface area contributed by atoms with Crippen molar-refractivity contribution in [3.63, 3.8) is 0 Å². The van der Waals surface area contributed by atoms with Gasteiger partial charge < -0.3 is 9.84 Å². The molecule has 116 valence electrons. The molecule has 1 amide bonds. The van der Waals surface area contributed by atoms with Gasteiger partial charge in [-0.2, -0.15) is 0 Å². The molecule has 1 spiro atoms. The van der Waals surface area contributed by atoms with Crippen LogP contribution in [0.5, 0.6) is 0 Å². The van der Waals surface area contributed by atoms with Gasteiger partial charge in [0, 0.05) is 15.9 Å². The molecular weight excluding hydrogens is 344 g/mol. The largest absolute Gasteiger partial charge is 0.356 e. The molecule has 0 bridgehead atoms. The Bertz CT molecular complexity index is 711. The van der Waals surface area contributed by atoms with Crippen molar-refractivity contribution in [2.24, 2.45) is 5.41 Å². The molecule has 1 aromatic carbocycles. The van der Waals surface area contributed by atoms with E-state index in [4.69, 9.17) is 4.52 Å². The Morgan fingerprint density at radius 3 is 2.82 bits per heavy atom. The average Bonchev–Trinajstić information content (AvgIpc) is 3.16. The fourth-order valence-electron chi connectivity index (χ4n) is 3.57. The summed E-state index contributed by atoms with van der Waals surface area (Å²) in [5.74, 6) is 0.0481. The second-order valence-electron chi connectivity index (χ2n) is 6.79. The summed E-state index contributed by atoms with van der Waals surface area (Å²) in [5.41, 5.74) is 2.10. The Hall–Kier alpha value is -1.36. The maximum Gasteiger partial charge on any atom is 0.226 e. The first-order valence-electron chi connectivity index (χ1n) is 7.97. The minimum atomic E-state index is 0.0481. The van der Waals surface area contributed by atoms with E-state index in [1.54, 1.807) is 0 Å². The smallest absolute Gasteiger partial charge is 0.226 e. The van der Waals surface area contributed by atoms with Gasteiger partial charge in [-0.15, -0.1) is 0 Å². The van der Waals surface area contributed by atoms with Gasteiger partial charge in [0.1, 0.15) is 5.69 Å². The highest BCUT2D eigenvalue weighted by atomic mass is 79.9. The van der Waals surface area contributed by atoms with E-state index in [0.717, 1.165) is 28.3 Å². The number of fused-ring (bicyclic) bond motifs is 1. The van der Waals surface area contributed by atoms with Gasteiger partial charge in [0.2, 0.25) is 5.91 Å². The molecule has 0 atom stereocenters. The van der Waals surface area contributed by atoms with Gasteiger partial charge in [0.05, 0.1) is 6.42 Å². The fraction of sp³-hybridized carbons (Fsp3) is 0.529. The number of carbonyl (C=O) groups is 1. The fourth-order valence-corrected chi connectivity index (χ4v) is 3.93. The van der Waals surface area contributed by atoms with Crippen molar-refractivity contribution < 1.29 is 9.32 Å². The van der Waals surface area contributed by atoms with Crippen LogP contribution in [0.2, 0.25) is 0 Å². The van der Waals surface area contributed by atoms with Crippen LogP contribution in [0.4, 0.5) is 0 Å². The number of amides is 1. The van der Waals surface area contributed by atoms with E-state index < -0.39 is 0 Å². The van der Waals surface area contributed by atoms with Crippen molar-refractivity contribution in [3.8, 4) is 0 Å². The molecule has 0 saturated heterocycles. The summed E-state index contributed by atoms with van der Waals surface area (Å²) in [6, 6.07) is 6.06. The predicted octanol–water partition coefficient (Wildman–Crippen LogP) is 3.97. The Balaban J connectivity index is 1.39. The number of hydrogen-bond donors (Lipinski definition) is 1. The van der Waals surface area contributed by atoms with E-state index in [2.05, 4.69) is 26.4 Å². The Morgan fingerprint density at radius 2 is 2.09 bits per heavy atom. The lowest BCUT2D eigenvalue weighted by molar-refractivity contribution is -0.121. The topological polar surface area (TPSA) is 55.1 Å². The molecule has 4 nitrogen and oxygen atoms in total. The van der Waals surface area contributed by atoms with Gasteiger partial charge in [0.25, 0.3) is 0 Å². The molecule has 5 heteroatoms. The molecule has 0 radical (unpaired) electrons. The van der Waals surface area contributed by atoms with Gasteiger partial charge in [-0.25, -0.2) is 0 Å². The Kier molecular flexibility index (Phi) is 3.48. The molecule has 2 aliphatic rings. The van der Waals surface area contributed by atoms with Crippen molar-refractivity contribution in [1.29, 1.82) is 0 Å². The van der Waals surface area contributed by atoms with Crippen molar-refractivity contribution in [1.82, 2.24) is 10.5 Å². The third-order valence-corrected chi connectivity index (χ3v) is 5.70. The summed E-state index contributed by atoms with van der Waals surface area (Å²) in [7, 11) is 0. The van der Waals surface area contributed by atoms with Crippen LogP contribution in [-0.4, -0.2) is 17.1 Å². The highest BCUT2D eigenvalue weighted by Crippen LogP contribution is 2.56. The zero-order chi connectivity index (χ0) is 15.2. The molecule has 1 aromatic heterocycles. The van der Waals surface area contributed by atoms with Gasteiger partial charge in [-0.1, -0.05) is 21.1 Å². The first-order chi connectivity index (χ1) is 10.6. The van der Waals surface area contributed by atoms with Crippen LogP contribution in [-0.2, 0) is 11.2 Å². The molecule has 2 aromatic rings. The SMILES string of the molecule is O=C(Cc1noc2ccc(Br)cc12)NC1CCC2(CC1)CC2. The monoisotopic (exact) mass is 362 g/mol. The third kappa shape index (κ3) is 2.78. The third-order valence-electron chi connectivity index (χ3n) is 5.20. The minimum Gasteiger partial charge on any atom is -0.356 e. The highest BCUT2D eigenvalue weighted by Gasteiger charge is 2.44. The van der Waals surface area contributed by atoms with E-state index in [1.807, 2.05) is 18.2 Å². The summed E-state index contributed by atoms with van der Waals surface area (Å²) in [4.78, 5) is 12.3. The van der Waals surface area contributed by atoms with Crippen LogP contribution in [0.3, 0.4) is 0 Å². The molecule has 1 N–H and O–H groups in total. The number of nitrogens with zero attached hydrogens (tertiary/aromatic N) is 1. The number of hydrogen-bond acceptors (Lipinski definition) is 3. The molecule has 0 unspecified atom stereocenters. The van der Waals surface area contributed by atoms with E-state index >= 15 is 0 Å². The molecule has 22 heavy (non-hydrogen) atoms. The lowest BCUT2D eigenvalue weighted by atomic mass is 9.83. The van der Waals surface area contributed by atoms with Crippen LogP contribution in [0.15, 0.2) is 27.2 Å². The summed E-state index contributed by atoms with van der Waals surface area (Å²) in [6.45, 7) is 0. The number of carbonyl (C=O) groups excluding carboxylic acids is 1. The van der Waals surface area contributed by atoms with Gasteiger partial charge >= 0.3 is 0 Å². The standard InChI is InChI=1S/C17H19BrN2O2/c18-11-1-2-15-13(9-11)14(20-22-15)10-16(21)19-12-3-5-17(6-4-12)7-8-17/h1-2,9,12H,3-8,10H2,(H,19,21). The van der Waals surface area contributed by atoms with Crippen LogP contribution in [0.25, 0.3) is 11.0 Å². The van der Waals surface area contributed by atoms with E-state index in [0.29, 0.717) is 17.2 Å². The number of benzene rings is 1. The lowest BCUT2D eigenvalue weighted by Crippen LogP contribution is -2.38. The number of aromatic nitrogens is 1. The van der Waals surface area contributed by atoms with Gasteiger partial charge in [-0.05, 0) is 62.1 Å². The van der Waals surface area contributed by atoms with Crippen LogP contribution in [0, 0.1) is 5.41 Å². The zero-order valence-electron chi connectivity index (χ0n) is 12.4. The quantitative estimate of drug-likeness (QED) is 0.898. The number of halogens is 1. The molecule has 4 rings (SSSR count). The predicted molar refractivity (Wildman–Crippen MR) is 87.5 cm³/mol. The molecule has 2 aliphatic carbocycles.